The van der Waals surface area contributed by atoms with Gasteiger partial charge in [0, 0.05) is 13.2 Å². The normalized spacial score (nSPS) is 21.1. The Bertz CT molecular complexity index is 309. The van der Waals surface area contributed by atoms with Crippen LogP contribution in [0.5, 0.6) is 0 Å². The van der Waals surface area contributed by atoms with Crippen molar-refractivity contribution < 1.29 is 36.4 Å². The summed E-state index contributed by atoms with van der Waals surface area (Å²) in [5.41, 5.74) is 0.460. The molecule has 2 N–H and O–H groups in total. The fraction of sp³-hybridized carbons (Fsp3) is 0.545. The number of aliphatic hydroxyl groups is 2. The first-order valence-electron chi connectivity index (χ1n) is 8.82. The predicted octanol–water partition coefficient (Wildman–Crippen LogP) is 4.38. The first-order chi connectivity index (χ1) is 11.1. The quantitative estimate of drug-likeness (QED) is 0.707. The molecule has 0 heterocycles. The zero-order valence-corrected chi connectivity index (χ0v) is 19.1. The van der Waals surface area contributed by atoms with Gasteiger partial charge in [-0.25, -0.2) is 0 Å². The second kappa shape index (κ2) is 11.6. The molecular weight excluding hydrogens is 387 g/mol. The zero-order chi connectivity index (χ0) is 18.4. The van der Waals surface area contributed by atoms with Crippen LogP contribution in [0, 0.1) is 73.0 Å². The van der Waals surface area contributed by atoms with Crippen molar-refractivity contribution in [3.63, 3.8) is 0 Å². The summed E-state index contributed by atoms with van der Waals surface area (Å²) in [6.07, 6.45) is 14.4. The third-order valence-electron chi connectivity index (χ3n) is 4.17. The Kier molecular flexibility index (Phi) is 12.0. The molecule has 0 aromatic heterocycles. The first-order valence-corrected chi connectivity index (χ1v) is 8.82. The van der Waals surface area contributed by atoms with E-state index in [1.807, 2.05) is 0 Å². The Morgan fingerprint density at radius 1 is 0.640 bits per heavy atom. The molecule has 10 radical (unpaired) electrons. The summed E-state index contributed by atoms with van der Waals surface area (Å²) in [7, 11) is 0. The fourth-order valence-electron chi connectivity index (χ4n) is 2.49. The van der Waals surface area contributed by atoms with Crippen molar-refractivity contribution in [1.29, 1.82) is 0 Å². The summed E-state index contributed by atoms with van der Waals surface area (Å²) in [6.45, 7) is 13.7. The molecule has 0 bridgehead atoms. The molecule has 0 amide bonds. The van der Waals surface area contributed by atoms with Crippen LogP contribution in [-0.2, 0) is 26.2 Å². The minimum atomic E-state index is 0. The molecule has 2 aliphatic rings. The summed E-state index contributed by atoms with van der Waals surface area (Å²) in [6, 6.07) is 0. The van der Waals surface area contributed by atoms with Gasteiger partial charge in [0.1, 0.15) is 0 Å². The van der Waals surface area contributed by atoms with Crippen LogP contribution in [0.3, 0.4) is 0 Å². The molecule has 2 fully saturated rings. The van der Waals surface area contributed by atoms with E-state index in [0.717, 1.165) is 12.8 Å². The van der Waals surface area contributed by atoms with E-state index in [0.29, 0.717) is 0 Å². The van der Waals surface area contributed by atoms with Gasteiger partial charge in [-0.05, 0) is 85.9 Å². The van der Waals surface area contributed by atoms with Gasteiger partial charge < -0.3 is 10.2 Å². The largest absolute Gasteiger partial charge is 2.00 e. The molecule has 0 aromatic rings. The fourth-order valence-corrected chi connectivity index (χ4v) is 2.49. The Morgan fingerprint density at radius 3 is 1.16 bits per heavy atom. The van der Waals surface area contributed by atoms with Crippen LogP contribution in [0.25, 0.3) is 0 Å². The van der Waals surface area contributed by atoms with Crippen molar-refractivity contribution in [2.75, 3.05) is 13.2 Å². The van der Waals surface area contributed by atoms with Gasteiger partial charge in [-0.2, -0.15) is 0 Å². The third kappa shape index (κ3) is 9.52. The molecule has 0 unspecified atom stereocenters. The van der Waals surface area contributed by atoms with Gasteiger partial charge in [-0.15, -0.1) is 0 Å². The number of aliphatic hydroxyl groups excluding tert-OH is 2. The molecule has 0 aliphatic heterocycles. The maximum absolute atomic E-state index is 8.73. The zero-order valence-electron chi connectivity index (χ0n) is 16.7. The smallest absolute Gasteiger partial charge is 0.396 e. The van der Waals surface area contributed by atoms with Crippen molar-refractivity contribution in [1.82, 2.24) is 0 Å². The van der Waals surface area contributed by atoms with Crippen LogP contribution >= 0.6 is 0 Å². The van der Waals surface area contributed by atoms with Crippen LogP contribution in [0.1, 0.15) is 54.4 Å². The van der Waals surface area contributed by atoms with Crippen LogP contribution < -0.4 is 0 Å². The first kappa shape index (κ1) is 25.8. The summed E-state index contributed by atoms with van der Waals surface area (Å²) < 4.78 is 0. The summed E-state index contributed by atoms with van der Waals surface area (Å²) in [4.78, 5) is 0. The second-order valence-electron chi connectivity index (χ2n) is 8.46. The van der Waals surface area contributed by atoms with Crippen molar-refractivity contribution in [3.8, 4) is 0 Å². The molecular formula is C22H34O2Zr+2. The molecule has 0 spiro atoms. The van der Waals surface area contributed by atoms with E-state index in [-0.39, 0.29) is 50.2 Å². The molecule has 3 heteroatoms. The molecule has 25 heavy (non-hydrogen) atoms. The van der Waals surface area contributed by atoms with Crippen LogP contribution in [0.4, 0.5) is 0 Å². The van der Waals surface area contributed by atoms with Crippen molar-refractivity contribution in [2.45, 2.75) is 54.4 Å². The summed E-state index contributed by atoms with van der Waals surface area (Å²) >= 11 is 0. The average Bonchev–Trinajstić information content (AvgIpc) is 3.08. The molecule has 0 saturated heterocycles. The van der Waals surface area contributed by atoms with Crippen LogP contribution in [-0.4, -0.2) is 23.4 Å². The summed E-state index contributed by atoms with van der Waals surface area (Å²) in [5, 5.41) is 17.5. The number of hydrogen-bond donors (Lipinski definition) is 2. The predicted molar refractivity (Wildman–Crippen MR) is 101 cm³/mol. The van der Waals surface area contributed by atoms with Crippen LogP contribution in [0.2, 0.25) is 0 Å². The van der Waals surface area contributed by atoms with Crippen molar-refractivity contribution >= 4 is 0 Å². The van der Waals surface area contributed by atoms with E-state index in [1.165, 1.54) is 23.7 Å². The van der Waals surface area contributed by atoms with Crippen molar-refractivity contribution in [3.05, 3.63) is 62.2 Å². The monoisotopic (exact) mass is 420 g/mol. The Labute approximate surface area is 176 Å². The van der Waals surface area contributed by atoms with E-state index in [9.17, 15) is 0 Å². The maximum Gasteiger partial charge on any atom is 2.00 e. The topological polar surface area (TPSA) is 40.5 Å². The van der Waals surface area contributed by atoms with Gasteiger partial charge in [-0.1, -0.05) is 41.5 Å². The molecule has 2 saturated carbocycles. The standard InChI is InChI=1S/2C11H17O.Zr/c2*1-11(2,3)10-5-4-9(8-10)6-7-12;/h2*4-5,8,12H,6-7H2,1-3H3;/q;;+2. The van der Waals surface area contributed by atoms with Gasteiger partial charge in [0.2, 0.25) is 0 Å². The number of rotatable bonds is 4. The third-order valence-corrected chi connectivity index (χ3v) is 4.17. The molecule has 2 aliphatic carbocycles. The van der Waals surface area contributed by atoms with Gasteiger partial charge in [-0.3, -0.25) is 0 Å². The maximum atomic E-state index is 8.73. The van der Waals surface area contributed by atoms with E-state index < -0.39 is 0 Å². The molecule has 136 valence electrons. The molecule has 2 nitrogen and oxygen atoms in total. The van der Waals surface area contributed by atoms with Gasteiger partial charge in [0.25, 0.3) is 0 Å². The molecule has 0 atom stereocenters. The Balaban J connectivity index is 0.000000443. The minimum Gasteiger partial charge on any atom is -0.396 e. The number of hydrogen-bond acceptors (Lipinski definition) is 2. The molecule has 0 aromatic carbocycles. The van der Waals surface area contributed by atoms with Gasteiger partial charge in [0.05, 0.1) is 0 Å². The van der Waals surface area contributed by atoms with Crippen LogP contribution in [0.15, 0.2) is 0 Å². The Morgan fingerprint density at radius 2 is 0.960 bits per heavy atom. The van der Waals surface area contributed by atoms with Gasteiger partial charge in [0.15, 0.2) is 0 Å². The summed E-state index contributed by atoms with van der Waals surface area (Å²) in [5.74, 6) is 5.18. The Hall–Kier alpha value is 0.803. The minimum absolute atomic E-state index is 0. The van der Waals surface area contributed by atoms with E-state index in [1.54, 1.807) is 0 Å². The SMILES string of the molecule is CC(C)(C)[C]1[CH][CH][C](CCO)[CH]1.CC(C)(C)[C]1[CH][CH][C](CCO)[CH]1.[Zr+2]. The van der Waals surface area contributed by atoms with E-state index >= 15 is 0 Å². The van der Waals surface area contributed by atoms with E-state index in [2.05, 4.69) is 80.1 Å². The van der Waals surface area contributed by atoms with Gasteiger partial charge >= 0.3 is 26.2 Å². The average molecular weight is 422 g/mol. The second-order valence-corrected chi connectivity index (χ2v) is 8.46. The van der Waals surface area contributed by atoms with E-state index in [4.69, 9.17) is 10.2 Å². The molecule has 2 rings (SSSR count). The van der Waals surface area contributed by atoms with Crippen molar-refractivity contribution in [2.24, 2.45) is 10.8 Å².